The molecule has 2 aromatic rings. The van der Waals surface area contributed by atoms with Gasteiger partial charge in [0.2, 0.25) is 0 Å². The third-order valence-corrected chi connectivity index (χ3v) is 5.19. The maximum Gasteiger partial charge on any atom is 0.333 e. The van der Waals surface area contributed by atoms with Crippen LogP contribution in [0.15, 0.2) is 60.7 Å². The van der Waals surface area contributed by atoms with E-state index >= 15 is 0 Å². The van der Waals surface area contributed by atoms with Gasteiger partial charge in [-0.2, -0.15) is 0 Å². The standard InChI is InChI=1S/C25H30O6/c1-17(2)24(27)31-14-20(26)13-28-21-9-5-18(6-10-21)25(3,4)19-7-11-22(12-8-19)29-15-23-16-30-23/h5-12,20,23,26H,1,13-16H2,2-4H3. The Kier molecular flexibility index (Phi) is 7.36. The molecule has 6 heteroatoms. The molecule has 3 rings (SSSR count). The predicted octanol–water partition coefficient (Wildman–Crippen LogP) is 3.65. The normalized spacial score (nSPS) is 16.3. The van der Waals surface area contributed by atoms with Crippen molar-refractivity contribution in [2.75, 3.05) is 26.4 Å². The molecular formula is C25H30O6. The van der Waals surface area contributed by atoms with Crippen LogP contribution in [-0.4, -0.2) is 49.7 Å². The van der Waals surface area contributed by atoms with E-state index in [1.165, 1.54) is 5.56 Å². The predicted molar refractivity (Wildman–Crippen MR) is 118 cm³/mol. The lowest BCUT2D eigenvalue weighted by Crippen LogP contribution is -2.25. The molecule has 1 fully saturated rings. The smallest absolute Gasteiger partial charge is 0.333 e. The minimum Gasteiger partial charge on any atom is -0.491 e. The first-order valence-electron chi connectivity index (χ1n) is 10.3. The highest BCUT2D eigenvalue weighted by Crippen LogP contribution is 2.33. The highest BCUT2D eigenvalue weighted by atomic mass is 16.6. The zero-order valence-corrected chi connectivity index (χ0v) is 18.3. The van der Waals surface area contributed by atoms with Crippen molar-refractivity contribution >= 4 is 5.97 Å². The lowest BCUT2D eigenvalue weighted by molar-refractivity contribution is -0.142. The molecule has 0 radical (unpaired) electrons. The van der Waals surface area contributed by atoms with E-state index < -0.39 is 12.1 Å². The van der Waals surface area contributed by atoms with E-state index in [9.17, 15) is 9.90 Å². The van der Waals surface area contributed by atoms with E-state index in [0.717, 1.165) is 17.9 Å². The fraction of sp³-hybridized carbons (Fsp3) is 0.400. The number of rotatable bonds is 11. The Bertz CT molecular complexity index is 881. The van der Waals surface area contributed by atoms with Gasteiger partial charge in [-0.15, -0.1) is 0 Å². The number of carbonyl (C=O) groups is 1. The first-order valence-corrected chi connectivity index (χ1v) is 10.3. The summed E-state index contributed by atoms with van der Waals surface area (Å²) in [6, 6.07) is 15.9. The van der Waals surface area contributed by atoms with Crippen molar-refractivity contribution in [3.05, 3.63) is 71.8 Å². The summed E-state index contributed by atoms with van der Waals surface area (Å²) in [6.45, 7) is 10.7. The average molecular weight is 427 g/mol. The van der Waals surface area contributed by atoms with Crippen LogP contribution in [0.5, 0.6) is 11.5 Å². The first kappa shape index (κ1) is 22.8. The number of hydrogen-bond donors (Lipinski definition) is 1. The SMILES string of the molecule is C=C(C)C(=O)OCC(O)COc1ccc(C(C)(C)c2ccc(OCC3CO3)cc2)cc1. The Hall–Kier alpha value is -2.83. The molecule has 166 valence electrons. The molecule has 0 amide bonds. The largest absolute Gasteiger partial charge is 0.491 e. The highest BCUT2D eigenvalue weighted by molar-refractivity contribution is 5.86. The number of benzene rings is 2. The summed E-state index contributed by atoms with van der Waals surface area (Å²) in [6.07, 6.45) is -0.670. The van der Waals surface area contributed by atoms with Gasteiger partial charge in [-0.3, -0.25) is 0 Å². The molecule has 0 saturated carbocycles. The number of esters is 1. The molecular weight excluding hydrogens is 396 g/mol. The van der Waals surface area contributed by atoms with Crippen LogP contribution in [0.3, 0.4) is 0 Å². The third kappa shape index (κ3) is 6.57. The van der Waals surface area contributed by atoms with Gasteiger partial charge < -0.3 is 24.1 Å². The van der Waals surface area contributed by atoms with Crippen LogP contribution in [0, 0.1) is 0 Å². The van der Waals surface area contributed by atoms with E-state index in [2.05, 4.69) is 32.6 Å². The van der Waals surface area contributed by atoms with E-state index in [4.69, 9.17) is 18.9 Å². The first-order chi connectivity index (χ1) is 14.8. The Labute approximate surface area is 183 Å². The molecule has 0 bridgehead atoms. The van der Waals surface area contributed by atoms with Crippen molar-refractivity contribution in [2.45, 2.75) is 38.4 Å². The zero-order chi connectivity index (χ0) is 22.4. The molecule has 0 aliphatic carbocycles. The lowest BCUT2D eigenvalue weighted by atomic mass is 9.78. The van der Waals surface area contributed by atoms with Gasteiger partial charge in [0.05, 0.1) is 6.61 Å². The molecule has 1 aliphatic rings. The number of carbonyl (C=O) groups excluding carboxylic acids is 1. The van der Waals surface area contributed by atoms with Crippen molar-refractivity contribution in [3.8, 4) is 11.5 Å². The van der Waals surface area contributed by atoms with Gasteiger partial charge in [0, 0.05) is 11.0 Å². The summed E-state index contributed by atoms with van der Waals surface area (Å²) in [5, 5.41) is 9.92. The molecule has 1 heterocycles. The van der Waals surface area contributed by atoms with E-state index in [1.54, 1.807) is 6.92 Å². The minimum absolute atomic E-state index is 0.0274. The van der Waals surface area contributed by atoms with Gasteiger partial charge in [-0.1, -0.05) is 44.7 Å². The quantitative estimate of drug-likeness (QED) is 0.336. The lowest BCUT2D eigenvalue weighted by Gasteiger charge is -2.26. The zero-order valence-electron chi connectivity index (χ0n) is 18.3. The molecule has 31 heavy (non-hydrogen) atoms. The number of ether oxygens (including phenoxy) is 4. The van der Waals surface area contributed by atoms with Crippen LogP contribution in [0.2, 0.25) is 0 Å². The Morgan fingerprint density at radius 2 is 1.58 bits per heavy atom. The second-order valence-corrected chi connectivity index (χ2v) is 8.28. The Balaban J connectivity index is 1.53. The highest BCUT2D eigenvalue weighted by Gasteiger charge is 2.25. The van der Waals surface area contributed by atoms with Gasteiger partial charge in [0.15, 0.2) is 0 Å². The summed E-state index contributed by atoms with van der Waals surface area (Å²) in [5.41, 5.74) is 2.40. The monoisotopic (exact) mass is 426 g/mol. The number of aliphatic hydroxyl groups is 1. The summed E-state index contributed by atoms with van der Waals surface area (Å²) >= 11 is 0. The van der Waals surface area contributed by atoms with Crippen LogP contribution >= 0.6 is 0 Å². The average Bonchev–Trinajstić information content (AvgIpc) is 3.59. The van der Waals surface area contributed by atoms with Crippen LogP contribution in [0.1, 0.15) is 31.9 Å². The van der Waals surface area contributed by atoms with Gasteiger partial charge in [-0.25, -0.2) is 4.79 Å². The van der Waals surface area contributed by atoms with Gasteiger partial charge in [0.1, 0.15) is 43.5 Å². The van der Waals surface area contributed by atoms with Crippen LogP contribution in [-0.2, 0) is 19.7 Å². The summed E-state index contributed by atoms with van der Waals surface area (Å²) in [5.74, 6) is 0.948. The van der Waals surface area contributed by atoms with E-state index in [0.29, 0.717) is 17.9 Å². The second-order valence-electron chi connectivity index (χ2n) is 8.28. The van der Waals surface area contributed by atoms with Crippen molar-refractivity contribution in [3.63, 3.8) is 0 Å². The molecule has 6 nitrogen and oxygen atoms in total. The van der Waals surface area contributed by atoms with E-state index in [1.807, 2.05) is 36.4 Å². The maximum atomic E-state index is 11.4. The van der Waals surface area contributed by atoms with Crippen LogP contribution in [0.4, 0.5) is 0 Å². The van der Waals surface area contributed by atoms with Crippen molar-refractivity contribution < 1.29 is 28.8 Å². The molecule has 2 unspecified atom stereocenters. The van der Waals surface area contributed by atoms with Gasteiger partial charge in [-0.05, 0) is 42.3 Å². The minimum atomic E-state index is -0.911. The van der Waals surface area contributed by atoms with Crippen molar-refractivity contribution in [1.82, 2.24) is 0 Å². The number of epoxide rings is 1. The fourth-order valence-electron chi connectivity index (χ4n) is 2.99. The third-order valence-electron chi connectivity index (χ3n) is 5.19. The number of aliphatic hydroxyl groups excluding tert-OH is 1. The molecule has 2 aromatic carbocycles. The van der Waals surface area contributed by atoms with Gasteiger partial charge >= 0.3 is 5.97 Å². The fourth-order valence-corrected chi connectivity index (χ4v) is 2.99. The molecule has 1 aliphatic heterocycles. The topological polar surface area (TPSA) is 77.5 Å². The summed E-state index contributed by atoms with van der Waals surface area (Å²) in [4.78, 5) is 11.4. The summed E-state index contributed by atoms with van der Waals surface area (Å²) in [7, 11) is 0. The van der Waals surface area contributed by atoms with Crippen molar-refractivity contribution in [2.24, 2.45) is 0 Å². The molecule has 2 atom stereocenters. The second kappa shape index (κ2) is 9.98. The molecule has 1 N–H and O–H groups in total. The van der Waals surface area contributed by atoms with Crippen molar-refractivity contribution in [1.29, 1.82) is 0 Å². The molecule has 0 spiro atoms. The van der Waals surface area contributed by atoms with Crippen LogP contribution < -0.4 is 9.47 Å². The van der Waals surface area contributed by atoms with Gasteiger partial charge in [0.25, 0.3) is 0 Å². The van der Waals surface area contributed by atoms with E-state index in [-0.39, 0.29) is 24.7 Å². The molecule has 1 saturated heterocycles. The maximum absolute atomic E-state index is 11.4. The Morgan fingerprint density at radius 3 is 2.06 bits per heavy atom. The number of hydrogen-bond acceptors (Lipinski definition) is 6. The summed E-state index contributed by atoms with van der Waals surface area (Å²) < 4.78 is 21.4. The van der Waals surface area contributed by atoms with Crippen LogP contribution in [0.25, 0.3) is 0 Å². The Morgan fingerprint density at radius 1 is 1.06 bits per heavy atom. The molecule has 0 aromatic heterocycles.